The highest BCUT2D eigenvalue weighted by Crippen LogP contribution is 2.38. The minimum Gasteiger partial charge on any atom is -0.451 e. The summed E-state index contributed by atoms with van der Waals surface area (Å²) >= 11 is 6.32. The van der Waals surface area contributed by atoms with E-state index in [4.69, 9.17) is 20.9 Å². The van der Waals surface area contributed by atoms with Crippen LogP contribution in [0.2, 0.25) is 0 Å². The van der Waals surface area contributed by atoms with Gasteiger partial charge in [0.15, 0.2) is 17.9 Å². The van der Waals surface area contributed by atoms with Gasteiger partial charge in [0.2, 0.25) is 0 Å². The highest BCUT2D eigenvalue weighted by Gasteiger charge is 2.35. The van der Waals surface area contributed by atoms with Crippen molar-refractivity contribution in [1.29, 1.82) is 0 Å². The maximum atomic E-state index is 14.8. The smallest absolute Gasteiger partial charge is 0.433 e. The third kappa shape index (κ3) is 5.34. The van der Waals surface area contributed by atoms with Crippen molar-refractivity contribution < 1.29 is 31.5 Å². The largest absolute Gasteiger partial charge is 0.451 e. The molecule has 0 spiro atoms. The first-order chi connectivity index (χ1) is 17.7. The van der Waals surface area contributed by atoms with Crippen LogP contribution in [0.3, 0.4) is 0 Å². The zero-order chi connectivity index (χ0) is 26.2. The van der Waals surface area contributed by atoms with Crippen molar-refractivity contribution in [3.63, 3.8) is 0 Å². The standard InChI is InChI=1S/C23H23ClF4N6O3/c24-34(22(35)17-12-37-13-29-17)18-11-33(15-3-1-14(2-4-15)32-7-9-36-10-8-32)31-21(18)20-16(25)5-6-19(30-20)23(26,27)28/h5-6,11-15H,1-4,7-10H2. The molecule has 0 bridgehead atoms. The monoisotopic (exact) mass is 542 g/mol. The van der Waals surface area contributed by atoms with E-state index in [2.05, 4.69) is 20.0 Å². The van der Waals surface area contributed by atoms with Gasteiger partial charge in [-0.15, -0.1) is 0 Å². The zero-order valence-electron chi connectivity index (χ0n) is 19.5. The Labute approximate surface area is 214 Å². The maximum Gasteiger partial charge on any atom is 0.433 e. The van der Waals surface area contributed by atoms with Gasteiger partial charge in [-0.3, -0.25) is 14.4 Å². The topological polar surface area (TPSA) is 89.5 Å². The Balaban J connectivity index is 1.47. The number of hydrogen-bond donors (Lipinski definition) is 0. The number of carbonyl (C=O) groups excluding carboxylic acids is 1. The Morgan fingerprint density at radius 2 is 1.78 bits per heavy atom. The fourth-order valence-electron chi connectivity index (χ4n) is 4.81. The second kappa shape index (κ2) is 10.4. The number of oxazole rings is 1. The van der Waals surface area contributed by atoms with Crippen molar-refractivity contribution in [2.24, 2.45) is 0 Å². The van der Waals surface area contributed by atoms with Crippen molar-refractivity contribution in [1.82, 2.24) is 24.6 Å². The third-order valence-electron chi connectivity index (χ3n) is 6.72. The number of ether oxygens (including phenoxy) is 1. The van der Waals surface area contributed by atoms with E-state index in [0.29, 0.717) is 35.8 Å². The number of aromatic nitrogens is 4. The van der Waals surface area contributed by atoms with Gasteiger partial charge in [0.05, 0.1) is 25.5 Å². The number of morpholine rings is 1. The summed E-state index contributed by atoms with van der Waals surface area (Å²) < 4.78 is 67.3. The van der Waals surface area contributed by atoms with Crippen molar-refractivity contribution >= 4 is 23.4 Å². The van der Waals surface area contributed by atoms with Gasteiger partial charge in [0.1, 0.15) is 29.0 Å². The Kier molecular flexibility index (Phi) is 7.19. The molecule has 1 saturated carbocycles. The lowest BCUT2D eigenvalue weighted by Gasteiger charge is -2.38. The summed E-state index contributed by atoms with van der Waals surface area (Å²) in [5.74, 6) is -1.85. The molecule has 1 aliphatic heterocycles. The number of carbonyl (C=O) groups is 1. The average Bonchev–Trinajstić information content (AvgIpc) is 3.59. The van der Waals surface area contributed by atoms with Gasteiger partial charge in [-0.05, 0) is 37.8 Å². The lowest BCUT2D eigenvalue weighted by Crippen LogP contribution is -2.45. The molecule has 198 valence electrons. The van der Waals surface area contributed by atoms with Gasteiger partial charge in [0, 0.05) is 30.9 Å². The minimum atomic E-state index is -4.81. The maximum absolute atomic E-state index is 14.8. The molecule has 3 aromatic rings. The molecule has 0 unspecified atom stereocenters. The predicted octanol–water partition coefficient (Wildman–Crippen LogP) is 4.71. The predicted molar refractivity (Wildman–Crippen MR) is 123 cm³/mol. The number of amides is 1. The highest BCUT2D eigenvalue weighted by molar-refractivity contribution is 6.39. The molecule has 9 nitrogen and oxygen atoms in total. The number of anilines is 1. The summed E-state index contributed by atoms with van der Waals surface area (Å²) in [7, 11) is 0. The minimum absolute atomic E-state index is 0.115. The first-order valence-corrected chi connectivity index (χ1v) is 12.1. The van der Waals surface area contributed by atoms with E-state index in [1.165, 1.54) is 10.9 Å². The molecular weight excluding hydrogens is 520 g/mol. The van der Waals surface area contributed by atoms with Crippen LogP contribution < -0.4 is 4.42 Å². The zero-order valence-corrected chi connectivity index (χ0v) is 20.3. The Morgan fingerprint density at radius 1 is 1.08 bits per heavy atom. The second-order valence-corrected chi connectivity index (χ2v) is 9.28. The van der Waals surface area contributed by atoms with Gasteiger partial charge in [-0.1, -0.05) is 0 Å². The van der Waals surface area contributed by atoms with E-state index in [1.54, 1.807) is 0 Å². The number of halogens is 5. The van der Waals surface area contributed by atoms with Crippen LogP contribution in [0.15, 0.2) is 35.4 Å². The van der Waals surface area contributed by atoms with E-state index < -0.39 is 29.3 Å². The summed E-state index contributed by atoms with van der Waals surface area (Å²) in [6.45, 7) is 3.15. The molecule has 2 fully saturated rings. The third-order valence-corrected chi connectivity index (χ3v) is 7.05. The van der Waals surface area contributed by atoms with Crippen LogP contribution in [-0.4, -0.2) is 62.9 Å². The normalized spacial score (nSPS) is 21.2. The van der Waals surface area contributed by atoms with Gasteiger partial charge in [0.25, 0.3) is 5.91 Å². The molecular formula is C23H23ClF4N6O3. The number of nitrogens with zero attached hydrogens (tertiary/aromatic N) is 6. The van der Waals surface area contributed by atoms with Crippen molar-refractivity contribution in [2.75, 3.05) is 30.7 Å². The summed E-state index contributed by atoms with van der Waals surface area (Å²) in [5, 5.41) is 4.40. The Morgan fingerprint density at radius 3 is 2.43 bits per heavy atom. The Bertz CT molecular complexity index is 1240. The lowest BCUT2D eigenvalue weighted by molar-refractivity contribution is -0.141. The number of pyridine rings is 1. The molecule has 3 aromatic heterocycles. The van der Waals surface area contributed by atoms with E-state index in [0.717, 1.165) is 51.4 Å². The summed E-state index contributed by atoms with van der Waals surface area (Å²) in [6, 6.07) is 1.49. The van der Waals surface area contributed by atoms with Gasteiger partial charge in [-0.2, -0.15) is 18.3 Å². The molecule has 1 amide bonds. The van der Waals surface area contributed by atoms with Crippen LogP contribution >= 0.6 is 11.8 Å². The van der Waals surface area contributed by atoms with Crippen molar-refractivity contribution in [3.05, 3.63) is 48.2 Å². The fourth-order valence-corrected chi connectivity index (χ4v) is 5.02. The molecule has 0 atom stereocenters. The molecule has 2 aliphatic rings. The van der Waals surface area contributed by atoms with Gasteiger partial charge < -0.3 is 9.15 Å². The quantitative estimate of drug-likeness (QED) is 0.341. The second-order valence-electron chi connectivity index (χ2n) is 8.94. The van der Waals surface area contributed by atoms with Crippen LogP contribution in [0.4, 0.5) is 23.2 Å². The van der Waals surface area contributed by atoms with E-state index in [1.807, 2.05) is 0 Å². The van der Waals surface area contributed by atoms with Crippen LogP contribution in [0.5, 0.6) is 0 Å². The number of rotatable bonds is 5. The van der Waals surface area contributed by atoms with E-state index in [-0.39, 0.29) is 23.1 Å². The van der Waals surface area contributed by atoms with Crippen molar-refractivity contribution in [3.8, 4) is 11.4 Å². The summed E-state index contributed by atoms with van der Waals surface area (Å²) in [4.78, 5) is 22.5. The van der Waals surface area contributed by atoms with Gasteiger partial charge >= 0.3 is 6.18 Å². The molecule has 0 aromatic carbocycles. The van der Waals surface area contributed by atoms with Crippen LogP contribution in [0, 0.1) is 5.82 Å². The molecule has 14 heteroatoms. The number of alkyl halides is 3. The highest BCUT2D eigenvalue weighted by atomic mass is 35.5. The van der Waals surface area contributed by atoms with Crippen molar-refractivity contribution in [2.45, 2.75) is 43.9 Å². The van der Waals surface area contributed by atoms with Crippen LogP contribution in [-0.2, 0) is 10.9 Å². The molecule has 37 heavy (non-hydrogen) atoms. The average molecular weight is 543 g/mol. The first-order valence-electron chi connectivity index (χ1n) is 11.8. The number of hydrogen-bond acceptors (Lipinski definition) is 7. The van der Waals surface area contributed by atoms with Crippen LogP contribution in [0.1, 0.15) is 47.9 Å². The Hall–Kier alpha value is -3.03. The summed E-state index contributed by atoms with van der Waals surface area (Å²) in [6.07, 6.45) is 1.96. The SMILES string of the molecule is O=C(c1cocn1)N(Cl)c1cn(C2CCC(N3CCOCC3)CC2)nc1-c1nc(C(F)(F)F)ccc1F. The lowest BCUT2D eigenvalue weighted by atomic mass is 9.90. The van der Waals surface area contributed by atoms with Gasteiger partial charge in [-0.25, -0.2) is 18.8 Å². The molecule has 0 radical (unpaired) electrons. The molecule has 1 saturated heterocycles. The fraction of sp³-hybridized carbons (Fsp3) is 0.478. The molecule has 1 aliphatic carbocycles. The molecule has 0 N–H and O–H groups in total. The van der Waals surface area contributed by atoms with E-state index in [9.17, 15) is 22.4 Å². The summed E-state index contributed by atoms with van der Waals surface area (Å²) in [5.41, 5.74) is -2.50. The van der Waals surface area contributed by atoms with E-state index >= 15 is 0 Å². The molecule has 4 heterocycles. The first kappa shape index (κ1) is 25.6. The molecule has 5 rings (SSSR count). The van der Waals surface area contributed by atoms with Crippen LogP contribution in [0.25, 0.3) is 11.4 Å².